The van der Waals surface area contributed by atoms with Crippen LogP contribution in [0.15, 0.2) is 28.0 Å². The molecule has 2 aliphatic rings. The number of piperazine rings is 1. The summed E-state index contributed by atoms with van der Waals surface area (Å²) in [4.78, 5) is 1.57. The second-order valence-corrected chi connectivity index (χ2v) is 10.4. The Kier molecular flexibility index (Phi) is 5.18. The summed E-state index contributed by atoms with van der Waals surface area (Å²) in [6, 6.07) is 3.13. The Hall–Kier alpha value is -1.07. The lowest BCUT2D eigenvalue weighted by molar-refractivity contribution is 0.179. The van der Waals surface area contributed by atoms with E-state index in [1.807, 2.05) is 0 Å². The molecule has 2 heterocycles. The van der Waals surface area contributed by atoms with E-state index in [1.54, 1.807) is 0 Å². The van der Waals surface area contributed by atoms with Crippen LogP contribution in [-0.4, -0.2) is 77.6 Å². The van der Waals surface area contributed by atoms with Gasteiger partial charge in [-0.1, -0.05) is 0 Å². The molecule has 0 radical (unpaired) electrons. The zero-order valence-electron chi connectivity index (χ0n) is 14.0. The number of nitrogens with one attached hydrogen (secondary N) is 1. The highest BCUT2D eigenvalue weighted by Crippen LogP contribution is 2.26. The normalized spacial score (nSPS) is 23.8. The number of hydrogen-bond acceptors (Lipinski definition) is 6. The molecular formula is C15H22FN3O4S2. The number of nitrogens with zero attached hydrogens (tertiary/aromatic N) is 2. The summed E-state index contributed by atoms with van der Waals surface area (Å²) in [6.07, 6.45) is 1.63. The Morgan fingerprint density at radius 1 is 1.12 bits per heavy atom. The first-order valence-corrected chi connectivity index (χ1v) is 11.5. The second-order valence-electron chi connectivity index (χ2n) is 6.46. The number of halogens is 1. The van der Waals surface area contributed by atoms with Gasteiger partial charge in [0.05, 0.1) is 4.90 Å². The zero-order chi connectivity index (χ0) is 18.2. The molecule has 1 atom stereocenters. The van der Waals surface area contributed by atoms with E-state index in [0.29, 0.717) is 13.1 Å². The van der Waals surface area contributed by atoms with Crippen LogP contribution in [0, 0.1) is 5.82 Å². The number of hydrogen-bond donors (Lipinski definition) is 1. The molecule has 0 aromatic heterocycles. The first-order valence-electron chi connectivity index (χ1n) is 8.14. The van der Waals surface area contributed by atoms with Gasteiger partial charge in [-0.3, -0.25) is 4.90 Å². The largest absolute Gasteiger partial charge is 0.314 e. The molecular weight excluding hydrogens is 369 g/mol. The number of sulfone groups is 1. The van der Waals surface area contributed by atoms with Gasteiger partial charge in [0, 0.05) is 51.6 Å². The van der Waals surface area contributed by atoms with Crippen molar-refractivity contribution in [2.75, 3.05) is 45.5 Å². The molecule has 1 aromatic carbocycles. The summed E-state index contributed by atoms with van der Waals surface area (Å²) in [5.41, 5.74) is 0. The van der Waals surface area contributed by atoms with E-state index in [0.717, 1.165) is 57.1 Å². The van der Waals surface area contributed by atoms with E-state index in [-0.39, 0.29) is 10.9 Å². The Labute approximate surface area is 147 Å². The first-order chi connectivity index (χ1) is 11.7. The lowest BCUT2D eigenvalue weighted by Crippen LogP contribution is -2.49. The van der Waals surface area contributed by atoms with Gasteiger partial charge in [0.25, 0.3) is 0 Å². The van der Waals surface area contributed by atoms with Crippen LogP contribution in [0.5, 0.6) is 0 Å². The SMILES string of the molecule is CS(=O)(=O)c1ccc(S(=O)(=O)N2CCC(N3CCNCC3)C2)cc1F. The Morgan fingerprint density at radius 3 is 2.40 bits per heavy atom. The van der Waals surface area contributed by atoms with Crippen molar-refractivity contribution in [2.24, 2.45) is 0 Å². The summed E-state index contributed by atoms with van der Waals surface area (Å²) in [5, 5.41) is 3.26. The van der Waals surface area contributed by atoms with Gasteiger partial charge in [-0.15, -0.1) is 0 Å². The van der Waals surface area contributed by atoms with Crippen molar-refractivity contribution in [3.8, 4) is 0 Å². The highest BCUT2D eigenvalue weighted by Gasteiger charge is 2.36. The Morgan fingerprint density at radius 2 is 1.80 bits per heavy atom. The molecule has 140 valence electrons. The van der Waals surface area contributed by atoms with Gasteiger partial charge < -0.3 is 5.32 Å². The minimum Gasteiger partial charge on any atom is -0.314 e. The molecule has 0 spiro atoms. The minimum absolute atomic E-state index is 0.164. The molecule has 0 amide bonds. The standard InChI is InChI=1S/C15H22FN3O4S2/c1-24(20,21)15-3-2-13(10-14(15)16)25(22,23)19-7-4-12(11-19)18-8-5-17-6-9-18/h2-3,10,12,17H,4-9,11H2,1H3. The molecule has 0 bridgehead atoms. The van der Waals surface area contributed by atoms with E-state index >= 15 is 0 Å². The zero-order valence-corrected chi connectivity index (χ0v) is 15.6. The highest BCUT2D eigenvalue weighted by molar-refractivity contribution is 7.90. The molecule has 1 unspecified atom stereocenters. The van der Waals surface area contributed by atoms with Gasteiger partial charge in [-0.05, 0) is 24.6 Å². The number of rotatable bonds is 4. The second kappa shape index (κ2) is 6.92. The fraction of sp³-hybridized carbons (Fsp3) is 0.600. The summed E-state index contributed by atoms with van der Waals surface area (Å²) in [6.45, 7) is 4.31. The smallest absolute Gasteiger partial charge is 0.243 e. The molecule has 0 saturated carbocycles. The van der Waals surface area contributed by atoms with Crippen molar-refractivity contribution < 1.29 is 21.2 Å². The number of sulfonamides is 1. The van der Waals surface area contributed by atoms with Crippen molar-refractivity contribution in [3.05, 3.63) is 24.0 Å². The number of benzene rings is 1. The highest BCUT2D eigenvalue weighted by atomic mass is 32.2. The molecule has 1 N–H and O–H groups in total. The molecule has 0 aliphatic carbocycles. The van der Waals surface area contributed by atoms with E-state index in [4.69, 9.17) is 0 Å². The monoisotopic (exact) mass is 391 g/mol. The van der Waals surface area contributed by atoms with Crippen LogP contribution in [0.4, 0.5) is 4.39 Å². The van der Waals surface area contributed by atoms with Crippen LogP contribution in [0.3, 0.4) is 0 Å². The van der Waals surface area contributed by atoms with Crippen molar-refractivity contribution in [2.45, 2.75) is 22.3 Å². The molecule has 10 heteroatoms. The third-order valence-corrected chi connectivity index (χ3v) is 7.73. The van der Waals surface area contributed by atoms with Crippen LogP contribution in [0.25, 0.3) is 0 Å². The predicted octanol–water partition coefficient (Wildman–Crippen LogP) is -0.103. The Bertz CT molecular complexity index is 852. The van der Waals surface area contributed by atoms with Crippen molar-refractivity contribution in [1.82, 2.24) is 14.5 Å². The quantitative estimate of drug-likeness (QED) is 0.771. The maximum absolute atomic E-state index is 14.1. The minimum atomic E-state index is -3.84. The van der Waals surface area contributed by atoms with Crippen molar-refractivity contribution >= 4 is 19.9 Å². The molecule has 3 rings (SSSR count). The van der Waals surface area contributed by atoms with Crippen molar-refractivity contribution in [3.63, 3.8) is 0 Å². The summed E-state index contributed by atoms with van der Waals surface area (Å²) in [7, 11) is -7.57. The van der Waals surface area contributed by atoms with E-state index in [2.05, 4.69) is 10.2 Å². The van der Waals surface area contributed by atoms with E-state index in [9.17, 15) is 21.2 Å². The Balaban J connectivity index is 1.79. The van der Waals surface area contributed by atoms with Crippen LogP contribution >= 0.6 is 0 Å². The van der Waals surface area contributed by atoms with Gasteiger partial charge in [0.2, 0.25) is 10.0 Å². The summed E-state index contributed by atoms with van der Waals surface area (Å²) in [5.74, 6) is -1.04. The van der Waals surface area contributed by atoms with Crippen LogP contribution in [0.1, 0.15) is 6.42 Å². The topological polar surface area (TPSA) is 86.8 Å². The van der Waals surface area contributed by atoms with Crippen LogP contribution in [0.2, 0.25) is 0 Å². The van der Waals surface area contributed by atoms with Gasteiger partial charge in [0.15, 0.2) is 9.84 Å². The summed E-state index contributed by atoms with van der Waals surface area (Å²) >= 11 is 0. The molecule has 2 saturated heterocycles. The third kappa shape index (κ3) is 3.87. The van der Waals surface area contributed by atoms with E-state index < -0.39 is 30.6 Å². The fourth-order valence-corrected chi connectivity index (χ4v) is 5.60. The maximum atomic E-state index is 14.1. The lowest BCUT2D eigenvalue weighted by Gasteiger charge is -2.32. The molecule has 7 nitrogen and oxygen atoms in total. The van der Waals surface area contributed by atoms with Crippen LogP contribution < -0.4 is 5.32 Å². The summed E-state index contributed by atoms with van der Waals surface area (Å²) < 4.78 is 63.9. The van der Waals surface area contributed by atoms with Crippen LogP contribution in [-0.2, 0) is 19.9 Å². The molecule has 1 aromatic rings. The average molecular weight is 391 g/mol. The fourth-order valence-electron chi connectivity index (χ4n) is 3.37. The van der Waals surface area contributed by atoms with Gasteiger partial charge in [0.1, 0.15) is 10.7 Å². The van der Waals surface area contributed by atoms with Gasteiger partial charge in [-0.25, -0.2) is 21.2 Å². The average Bonchev–Trinajstić information content (AvgIpc) is 3.05. The third-order valence-electron chi connectivity index (χ3n) is 4.73. The van der Waals surface area contributed by atoms with Crippen molar-refractivity contribution in [1.29, 1.82) is 0 Å². The van der Waals surface area contributed by atoms with Gasteiger partial charge >= 0.3 is 0 Å². The maximum Gasteiger partial charge on any atom is 0.243 e. The molecule has 25 heavy (non-hydrogen) atoms. The lowest BCUT2D eigenvalue weighted by atomic mass is 10.2. The predicted molar refractivity (Wildman–Crippen MR) is 91.1 cm³/mol. The van der Waals surface area contributed by atoms with E-state index in [1.165, 1.54) is 4.31 Å². The molecule has 2 fully saturated rings. The molecule has 2 aliphatic heterocycles. The first kappa shape index (κ1) is 18.7. The van der Waals surface area contributed by atoms with Gasteiger partial charge in [-0.2, -0.15) is 4.31 Å².